The Kier molecular flexibility index (Phi) is 10.6. The molecular formula is C24H31F4NO4. The number of phenols is 1. The molecule has 0 aliphatic carbocycles. The van der Waals surface area contributed by atoms with Crippen LogP contribution in [0.1, 0.15) is 42.1 Å². The Labute approximate surface area is 191 Å². The summed E-state index contributed by atoms with van der Waals surface area (Å²) in [4.78, 5) is 0. The van der Waals surface area contributed by atoms with Gasteiger partial charge in [0.25, 0.3) is 0 Å². The van der Waals surface area contributed by atoms with Gasteiger partial charge in [0.15, 0.2) is 0 Å². The van der Waals surface area contributed by atoms with E-state index in [1.807, 2.05) is 30.3 Å². The summed E-state index contributed by atoms with van der Waals surface area (Å²) in [6.07, 6.45) is -1.18. The van der Waals surface area contributed by atoms with Crippen molar-refractivity contribution in [3.63, 3.8) is 0 Å². The van der Waals surface area contributed by atoms with Gasteiger partial charge in [-0.05, 0) is 49.1 Å². The summed E-state index contributed by atoms with van der Waals surface area (Å²) in [5.41, 5.74) is 1.69. The Balaban J connectivity index is 1.65. The molecule has 0 spiro atoms. The van der Waals surface area contributed by atoms with Crippen molar-refractivity contribution in [3.05, 3.63) is 65.2 Å². The van der Waals surface area contributed by atoms with E-state index < -0.39 is 37.6 Å². The zero-order chi connectivity index (χ0) is 24.3. The first-order chi connectivity index (χ1) is 15.7. The fraction of sp³-hybridized carbons (Fsp3) is 0.500. The van der Waals surface area contributed by atoms with E-state index in [0.717, 1.165) is 5.56 Å². The third kappa shape index (κ3) is 8.58. The first kappa shape index (κ1) is 27.0. The number of alkyl halides is 4. The molecule has 0 bridgehead atoms. The molecule has 184 valence electrons. The zero-order valence-corrected chi connectivity index (χ0v) is 18.3. The average Bonchev–Trinajstić information content (AvgIpc) is 2.79. The molecule has 0 heterocycles. The SMILES string of the molecule is OCc1cc(C(O)CNCCCC(F)(F)C(F)(F)COCCCc2ccccc2)ccc1O. The number of aliphatic hydroxyl groups excluding tert-OH is 2. The number of ether oxygens (including phenoxy) is 1. The van der Waals surface area contributed by atoms with Crippen LogP contribution in [-0.4, -0.2) is 53.5 Å². The number of aliphatic hydroxyl groups is 2. The molecule has 0 aliphatic rings. The minimum atomic E-state index is -4.27. The van der Waals surface area contributed by atoms with Crippen LogP contribution in [0.2, 0.25) is 0 Å². The van der Waals surface area contributed by atoms with Gasteiger partial charge in [-0.1, -0.05) is 36.4 Å². The quantitative estimate of drug-likeness (QED) is 0.230. The molecule has 2 rings (SSSR count). The highest BCUT2D eigenvalue weighted by atomic mass is 19.3. The van der Waals surface area contributed by atoms with E-state index in [9.17, 15) is 27.8 Å². The van der Waals surface area contributed by atoms with E-state index in [2.05, 4.69) is 5.32 Å². The predicted octanol–water partition coefficient (Wildman–Crippen LogP) is 4.21. The minimum absolute atomic E-state index is 0.00212. The smallest absolute Gasteiger partial charge is 0.332 e. The third-order valence-electron chi connectivity index (χ3n) is 5.26. The number of aromatic hydroxyl groups is 1. The van der Waals surface area contributed by atoms with Crippen molar-refractivity contribution < 1.29 is 37.6 Å². The fourth-order valence-corrected chi connectivity index (χ4v) is 3.24. The predicted molar refractivity (Wildman–Crippen MR) is 117 cm³/mol. The van der Waals surface area contributed by atoms with Crippen LogP contribution in [0.25, 0.3) is 0 Å². The molecule has 0 aromatic heterocycles. The Hall–Kier alpha value is -2.20. The average molecular weight is 474 g/mol. The highest BCUT2D eigenvalue weighted by Gasteiger charge is 2.55. The lowest BCUT2D eigenvalue weighted by atomic mass is 10.0. The van der Waals surface area contributed by atoms with Gasteiger partial charge < -0.3 is 25.4 Å². The van der Waals surface area contributed by atoms with Gasteiger partial charge in [-0.25, -0.2) is 0 Å². The summed E-state index contributed by atoms with van der Waals surface area (Å²) in [6, 6.07) is 13.6. The van der Waals surface area contributed by atoms with Crippen LogP contribution in [-0.2, 0) is 17.8 Å². The van der Waals surface area contributed by atoms with Gasteiger partial charge >= 0.3 is 11.8 Å². The van der Waals surface area contributed by atoms with Crippen LogP contribution in [0.3, 0.4) is 0 Å². The molecule has 0 radical (unpaired) electrons. The molecule has 33 heavy (non-hydrogen) atoms. The summed E-state index contributed by atoms with van der Waals surface area (Å²) in [5.74, 6) is -8.59. The summed E-state index contributed by atoms with van der Waals surface area (Å²) in [7, 11) is 0. The molecule has 1 unspecified atom stereocenters. The Morgan fingerprint density at radius 2 is 1.70 bits per heavy atom. The molecule has 0 fully saturated rings. The maximum absolute atomic E-state index is 14.0. The first-order valence-electron chi connectivity index (χ1n) is 10.8. The van der Waals surface area contributed by atoms with E-state index in [4.69, 9.17) is 9.84 Å². The van der Waals surface area contributed by atoms with Crippen molar-refractivity contribution in [2.45, 2.75) is 50.2 Å². The number of aryl methyl sites for hydroxylation is 1. The Morgan fingerprint density at radius 1 is 0.970 bits per heavy atom. The van der Waals surface area contributed by atoms with Gasteiger partial charge in [0.05, 0.1) is 12.7 Å². The molecule has 0 saturated heterocycles. The van der Waals surface area contributed by atoms with Crippen LogP contribution in [0, 0.1) is 0 Å². The van der Waals surface area contributed by atoms with Crippen molar-refractivity contribution in [2.24, 2.45) is 0 Å². The second kappa shape index (κ2) is 12.9. The molecule has 9 heteroatoms. The molecule has 0 amide bonds. The van der Waals surface area contributed by atoms with Gasteiger partial charge in [-0.2, -0.15) is 17.6 Å². The van der Waals surface area contributed by atoms with E-state index in [-0.39, 0.29) is 37.4 Å². The van der Waals surface area contributed by atoms with Crippen LogP contribution in [0.4, 0.5) is 17.6 Å². The number of nitrogens with one attached hydrogen (secondary N) is 1. The van der Waals surface area contributed by atoms with Crippen LogP contribution in [0.15, 0.2) is 48.5 Å². The van der Waals surface area contributed by atoms with Crippen LogP contribution < -0.4 is 5.32 Å². The maximum Gasteiger partial charge on any atom is 0.332 e. The van der Waals surface area contributed by atoms with Gasteiger partial charge in [0, 0.05) is 25.1 Å². The number of halogens is 4. The minimum Gasteiger partial charge on any atom is -0.508 e. The summed E-state index contributed by atoms with van der Waals surface area (Å²) in [6.45, 7) is -1.77. The van der Waals surface area contributed by atoms with E-state index in [1.165, 1.54) is 18.2 Å². The second-order valence-electron chi connectivity index (χ2n) is 7.92. The summed E-state index contributed by atoms with van der Waals surface area (Å²) in [5, 5.41) is 31.6. The maximum atomic E-state index is 14.0. The number of rotatable bonds is 15. The lowest BCUT2D eigenvalue weighted by Gasteiger charge is -2.26. The third-order valence-corrected chi connectivity index (χ3v) is 5.26. The second-order valence-corrected chi connectivity index (χ2v) is 7.92. The number of hydrogen-bond acceptors (Lipinski definition) is 5. The zero-order valence-electron chi connectivity index (χ0n) is 18.3. The molecule has 2 aromatic rings. The summed E-state index contributed by atoms with van der Waals surface area (Å²) < 4.78 is 60.7. The highest BCUT2D eigenvalue weighted by molar-refractivity contribution is 5.36. The molecule has 1 atom stereocenters. The highest BCUT2D eigenvalue weighted by Crippen LogP contribution is 2.38. The van der Waals surface area contributed by atoms with Crippen LogP contribution >= 0.6 is 0 Å². The van der Waals surface area contributed by atoms with Gasteiger partial charge in [0.2, 0.25) is 0 Å². The van der Waals surface area contributed by atoms with E-state index in [0.29, 0.717) is 18.4 Å². The standard InChI is InChI=1S/C24H31F4NO4/c25-23(26,24(27,28)17-33-13-4-8-18-6-2-1-3-7-18)11-5-12-29-15-22(32)19-9-10-21(31)20(14-19)16-30/h1-3,6-7,9-10,14,22,29-32H,4-5,8,11-13,15-17H2. The topological polar surface area (TPSA) is 82.0 Å². The van der Waals surface area contributed by atoms with Crippen molar-refractivity contribution in [1.82, 2.24) is 5.32 Å². The van der Waals surface area contributed by atoms with Gasteiger partial charge in [-0.3, -0.25) is 0 Å². The van der Waals surface area contributed by atoms with Gasteiger partial charge in [0.1, 0.15) is 12.4 Å². The molecule has 4 N–H and O–H groups in total. The Bertz CT molecular complexity index is 836. The lowest BCUT2D eigenvalue weighted by Crippen LogP contribution is -2.44. The lowest BCUT2D eigenvalue weighted by molar-refractivity contribution is -0.235. The van der Waals surface area contributed by atoms with Crippen molar-refractivity contribution in [2.75, 3.05) is 26.3 Å². The Morgan fingerprint density at radius 3 is 2.39 bits per heavy atom. The monoisotopic (exact) mass is 473 g/mol. The van der Waals surface area contributed by atoms with E-state index in [1.54, 1.807) is 0 Å². The fourth-order valence-electron chi connectivity index (χ4n) is 3.24. The number of hydrogen-bond donors (Lipinski definition) is 4. The first-order valence-corrected chi connectivity index (χ1v) is 10.8. The number of benzene rings is 2. The van der Waals surface area contributed by atoms with Crippen molar-refractivity contribution in [3.8, 4) is 5.75 Å². The van der Waals surface area contributed by atoms with Crippen molar-refractivity contribution in [1.29, 1.82) is 0 Å². The largest absolute Gasteiger partial charge is 0.508 e. The molecular weight excluding hydrogens is 442 g/mol. The molecule has 0 aliphatic heterocycles. The molecule has 2 aromatic carbocycles. The molecule has 5 nitrogen and oxygen atoms in total. The normalized spacial score (nSPS) is 13.3. The summed E-state index contributed by atoms with van der Waals surface area (Å²) >= 11 is 0. The van der Waals surface area contributed by atoms with Gasteiger partial charge in [-0.15, -0.1) is 0 Å². The molecule has 0 saturated carbocycles. The van der Waals surface area contributed by atoms with Crippen LogP contribution in [0.5, 0.6) is 5.75 Å². The van der Waals surface area contributed by atoms with Crippen molar-refractivity contribution >= 4 is 0 Å². The van der Waals surface area contributed by atoms with E-state index >= 15 is 0 Å².